The Morgan fingerprint density at radius 3 is 2.65 bits per heavy atom. The van der Waals surface area contributed by atoms with Crippen LogP contribution < -0.4 is 5.32 Å². The first-order valence-electron chi connectivity index (χ1n) is 6.94. The first kappa shape index (κ1) is 13.3. The van der Waals surface area contributed by atoms with E-state index in [-0.39, 0.29) is 6.10 Å². The normalized spacial score (nSPS) is 36.5. The van der Waals surface area contributed by atoms with Crippen molar-refractivity contribution in [2.24, 2.45) is 0 Å². The highest BCUT2D eigenvalue weighted by atomic mass is 16.5. The van der Waals surface area contributed by atoms with Crippen LogP contribution in [-0.4, -0.2) is 60.5 Å². The maximum atomic E-state index is 10.4. The van der Waals surface area contributed by atoms with E-state index in [0.29, 0.717) is 19.2 Å². The van der Waals surface area contributed by atoms with Crippen LogP contribution in [0.2, 0.25) is 0 Å². The lowest BCUT2D eigenvalue weighted by Gasteiger charge is -2.34. The largest absolute Gasteiger partial charge is 0.386 e. The number of aliphatic hydroxyl groups is 1. The highest BCUT2D eigenvalue weighted by molar-refractivity contribution is 4.93. The van der Waals surface area contributed by atoms with Crippen LogP contribution >= 0.6 is 0 Å². The van der Waals surface area contributed by atoms with E-state index in [0.717, 1.165) is 13.0 Å². The fourth-order valence-corrected chi connectivity index (χ4v) is 2.78. The summed E-state index contributed by atoms with van der Waals surface area (Å²) in [6.07, 6.45) is 3.11. The number of likely N-dealkylation sites (tertiary alicyclic amines) is 1. The van der Waals surface area contributed by atoms with Gasteiger partial charge in [0, 0.05) is 25.6 Å². The molecule has 0 aliphatic carbocycles. The minimum atomic E-state index is -0.651. The van der Waals surface area contributed by atoms with E-state index >= 15 is 0 Å². The van der Waals surface area contributed by atoms with Crippen LogP contribution in [0.15, 0.2) is 0 Å². The van der Waals surface area contributed by atoms with Crippen molar-refractivity contribution < 1.29 is 9.84 Å². The minimum absolute atomic E-state index is 0.0364. The van der Waals surface area contributed by atoms with E-state index in [1.54, 1.807) is 0 Å². The van der Waals surface area contributed by atoms with Gasteiger partial charge in [-0.05, 0) is 39.4 Å². The van der Waals surface area contributed by atoms with Crippen molar-refractivity contribution in [1.82, 2.24) is 10.2 Å². The van der Waals surface area contributed by atoms with Crippen molar-refractivity contribution in [3.8, 4) is 0 Å². The summed E-state index contributed by atoms with van der Waals surface area (Å²) in [4.78, 5) is 2.48. The van der Waals surface area contributed by atoms with Gasteiger partial charge in [0.15, 0.2) is 0 Å². The monoisotopic (exact) mass is 242 g/mol. The molecule has 4 nitrogen and oxygen atoms in total. The topological polar surface area (TPSA) is 44.7 Å². The molecule has 4 heteroatoms. The summed E-state index contributed by atoms with van der Waals surface area (Å²) >= 11 is 0. The molecule has 2 fully saturated rings. The van der Waals surface area contributed by atoms with E-state index in [1.807, 2.05) is 6.92 Å². The second-order valence-corrected chi connectivity index (χ2v) is 5.46. The second-order valence-electron chi connectivity index (χ2n) is 5.46. The van der Waals surface area contributed by atoms with Crippen LogP contribution in [0.25, 0.3) is 0 Å². The van der Waals surface area contributed by atoms with Crippen molar-refractivity contribution >= 4 is 0 Å². The van der Waals surface area contributed by atoms with Gasteiger partial charge < -0.3 is 20.1 Å². The summed E-state index contributed by atoms with van der Waals surface area (Å²) in [5.74, 6) is 0. The number of hydrogen-bond donors (Lipinski definition) is 2. The molecule has 0 radical (unpaired) electrons. The molecular weight excluding hydrogens is 216 g/mol. The lowest BCUT2D eigenvalue weighted by Crippen LogP contribution is -2.51. The summed E-state index contributed by atoms with van der Waals surface area (Å²) in [5.41, 5.74) is -0.651. The number of nitrogens with one attached hydrogen (secondary N) is 1. The van der Waals surface area contributed by atoms with Gasteiger partial charge in [-0.3, -0.25) is 0 Å². The zero-order chi connectivity index (χ0) is 12.3. The summed E-state index contributed by atoms with van der Waals surface area (Å²) in [6, 6.07) is 0.564. The van der Waals surface area contributed by atoms with Gasteiger partial charge in [-0.2, -0.15) is 0 Å². The SMILES string of the molecule is CCN1CCC(NCC2(O)CCOC2C)CC1. The lowest BCUT2D eigenvalue weighted by molar-refractivity contribution is -0.0287. The number of rotatable bonds is 4. The van der Waals surface area contributed by atoms with Crippen molar-refractivity contribution in [2.45, 2.75) is 50.9 Å². The summed E-state index contributed by atoms with van der Waals surface area (Å²) in [5, 5.41) is 13.9. The highest BCUT2D eigenvalue weighted by Gasteiger charge is 2.39. The van der Waals surface area contributed by atoms with E-state index < -0.39 is 5.60 Å². The fraction of sp³-hybridized carbons (Fsp3) is 1.00. The van der Waals surface area contributed by atoms with Gasteiger partial charge in [0.05, 0.1) is 6.10 Å². The number of nitrogens with zero attached hydrogens (tertiary/aromatic N) is 1. The molecule has 0 aromatic heterocycles. The molecule has 0 aromatic carbocycles. The van der Waals surface area contributed by atoms with Crippen LogP contribution in [0, 0.1) is 0 Å². The third kappa shape index (κ3) is 3.19. The third-order valence-corrected chi connectivity index (χ3v) is 4.39. The number of piperidine rings is 1. The van der Waals surface area contributed by atoms with Crippen molar-refractivity contribution in [3.05, 3.63) is 0 Å². The van der Waals surface area contributed by atoms with Gasteiger partial charge in [0.2, 0.25) is 0 Å². The zero-order valence-corrected chi connectivity index (χ0v) is 11.1. The molecule has 2 aliphatic heterocycles. The third-order valence-electron chi connectivity index (χ3n) is 4.39. The Morgan fingerprint density at radius 2 is 2.12 bits per heavy atom. The molecule has 2 atom stereocenters. The van der Waals surface area contributed by atoms with Gasteiger partial charge in [-0.25, -0.2) is 0 Å². The maximum absolute atomic E-state index is 10.4. The van der Waals surface area contributed by atoms with Gasteiger partial charge in [0.25, 0.3) is 0 Å². The molecule has 2 unspecified atom stereocenters. The Hall–Kier alpha value is -0.160. The fourth-order valence-electron chi connectivity index (χ4n) is 2.78. The first-order valence-corrected chi connectivity index (χ1v) is 6.94. The molecule has 0 bridgehead atoms. The molecule has 0 saturated carbocycles. The Labute approximate surface area is 104 Å². The van der Waals surface area contributed by atoms with Crippen molar-refractivity contribution in [2.75, 3.05) is 32.8 Å². The summed E-state index contributed by atoms with van der Waals surface area (Å²) in [6.45, 7) is 9.06. The molecule has 100 valence electrons. The summed E-state index contributed by atoms with van der Waals surface area (Å²) in [7, 11) is 0. The van der Waals surface area contributed by atoms with Gasteiger partial charge in [-0.15, -0.1) is 0 Å². The standard InChI is InChI=1S/C13H26N2O2/c1-3-15-7-4-12(5-8-15)14-10-13(16)6-9-17-11(13)2/h11-12,14,16H,3-10H2,1-2H3. The van der Waals surface area contributed by atoms with Crippen LogP contribution in [0.5, 0.6) is 0 Å². The maximum Gasteiger partial charge on any atom is 0.105 e. The zero-order valence-electron chi connectivity index (χ0n) is 11.1. The predicted octanol–water partition coefficient (Wildman–Crippen LogP) is 0.600. The molecule has 2 heterocycles. The van der Waals surface area contributed by atoms with Gasteiger partial charge >= 0.3 is 0 Å². The van der Waals surface area contributed by atoms with E-state index in [4.69, 9.17) is 4.74 Å². The van der Waals surface area contributed by atoms with Crippen LogP contribution in [0.4, 0.5) is 0 Å². The quantitative estimate of drug-likeness (QED) is 0.758. The first-order chi connectivity index (χ1) is 8.14. The molecular formula is C13H26N2O2. The Balaban J connectivity index is 1.72. The molecule has 2 rings (SSSR count). The molecule has 2 saturated heterocycles. The number of ether oxygens (including phenoxy) is 1. The smallest absolute Gasteiger partial charge is 0.105 e. The van der Waals surface area contributed by atoms with Crippen LogP contribution in [0.1, 0.15) is 33.1 Å². The minimum Gasteiger partial charge on any atom is -0.386 e. The van der Waals surface area contributed by atoms with Crippen LogP contribution in [0.3, 0.4) is 0 Å². The van der Waals surface area contributed by atoms with E-state index in [2.05, 4.69) is 17.1 Å². The van der Waals surface area contributed by atoms with Crippen molar-refractivity contribution in [3.63, 3.8) is 0 Å². The van der Waals surface area contributed by atoms with Crippen LogP contribution in [-0.2, 0) is 4.74 Å². The molecule has 0 amide bonds. The number of hydrogen-bond acceptors (Lipinski definition) is 4. The second kappa shape index (κ2) is 5.65. The highest BCUT2D eigenvalue weighted by Crippen LogP contribution is 2.25. The van der Waals surface area contributed by atoms with E-state index in [1.165, 1.54) is 25.9 Å². The average molecular weight is 242 g/mol. The molecule has 17 heavy (non-hydrogen) atoms. The molecule has 0 aromatic rings. The van der Waals surface area contributed by atoms with Gasteiger partial charge in [-0.1, -0.05) is 6.92 Å². The lowest BCUT2D eigenvalue weighted by atomic mass is 9.95. The predicted molar refractivity (Wildman–Crippen MR) is 68.1 cm³/mol. The average Bonchev–Trinajstić information content (AvgIpc) is 2.68. The molecule has 0 spiro atoms. The Morgan fingerprint density at radius 1 is 1.41 bits per heavy atom. The van der Waals surface area contributed by atoms with Crippen molar-refractivity contribution in [1.29, 1.82) is 0 Å². The summed E-state index contributed by atoms with van der Waals surface area (Å²) < 4.78 is 5.44. The van der Waals surface area contributed by atoms with Gasteiger partial charge in [0.1, 0.15) is 5.60 Å². The Kier molecular flexibility index (Phi) is 4.42. The Bertz CT molecular complexity index is 242. The molecule has 2 aliphatic rings. The molecule has 2 N–H and O–H groups in total. The van der Waals surface area contributed by atoms with E-state index in [9.17, 15) is 5.11 Å².